The highest BCUT2D eigenvalue weighted by molar-refractivity contribution is 9.10. The lowest BCUT2D eigenvalue weighted by Gasteiger charge is -2.26. The number of carbonyl (C=O) groups is 3. The molecule has 0 aliphatic carbocycles. The Bertz CT molecular complexity index is 789. The molecule has 0 radical (unpaired) electrons. The first kappa shape index (κ1) is 35.1. The molecule has 0 aromatic carbocycles. The summed E-state index contributed by atoms with van der Waals surface area (Å²) in [6.07, 6.45) is 0.278. The maximum Gasteiger partial charge on any atom is 0.410 e. The molecule has 0 saturated carbocycles. The van der Waals surface area contributed by atoms with Crippen molar-refractivity contribution in [3.63, 3.8) is 0 Å². The standard InChI is InChI=1S/C16H24BrN5O4.C5H12.2C2H6/c1-16(2,3)26-15(25)21-6-5-7-22-10(9-21)12(20-14(22)17)13(24)19-8-11(23)18-4;1-5(2,3)4;2*1-2/h5-9H2,1-4H3,(H,18,23)(H,19,24);1-4H3;2*1-2H3. The summed E-state index contributed by atoms with van der Waals surface area (Å²) < 4.78 is 7.82. The van der Waals surface area contributed by atoms with Gasteiger partial charge in [-0.1, -0.05) is 55.4 Å². The summed E-state index contributed by atoms with van der Waals surface area (Å²) in [6.45, 7) is 23.4. The molecule has 35 heavy (non-hydrogen) atoms. The van der Waals surface area contributed by atoms with Crippen molar-refractivity contribution in [2.45, 2.75) is 101 Å². The van der Waals surface area contributed by atoms with Crippen molar-refractivity contribution < 1.29 is 19.1 Å². The highest BCUT2D eigenvalue weighted by Crippen LogP contribution is 2.23. The summed E-state index contributed by atoms with van der Waals surface area (Å²) in [7, 11) is 1.49. The van der Waals surface area contributed by atoms with Crippen molar-refractivity contribution in [1.29, 1.82) is 0 Å². The third kappa shape index (κ3) is 14.8. The van der Waals surface area contributed by atoms with Crippen LogP contribution in [0.1, 0.15) is 98.8 Å². The van der Waals surface area contributed by atoms with Crippen LogP contribution in [0.4, 0.5) is 4.79 Å². The fourth-order valence-corrected chi connectivity index (χ4v) is 3.09. The summed E-state index contributed by atoms with van der Waals surface area (Å²) >= 11 is 3.36. The van der Waals surface area contributed by atoms with Crippen molar-refractivity contribution in [3.8, 4) is 0 Å². The van der Waals surface area contributed by atoms with Gasteiger partial charge < -0.3 is 24.8 Å². The molecule has 1 aromatic heterocycles. The number of likely N-dealkylation sites (N-methyl/N-ethyl adjacent to an activating group) is 1. The molecule has 1 aliphatic rings. The number of aromatic nitrogens is 2. The van der Waals surface area contributed by atoms with Crippen LogP contribution < -0.4 is 10.6 Å². The molecular formula is C25H48BrN5O4. The van der Waals surface area contributed by atoms with Crippen LogP contribution in [0, 0.1) is 5.41 Å². The first-order valence-electron chi connectivity index (χ1n) is 12.3. The van der Waals surface area contributed by atoms with Gasteiger partial charge in [0.1, 0.15) is 5.60 Å². The zero-order valence-corrected chi connectivity index (χ0v) is 25.5. The molecule has 1 aromatic rings. The molecule has 0 atom stereocenters. The van der Waals surface area contributed by atoms with Gasteiger partial charge in [0.05, 0.1) is 18.8 Å². The number of amides is 3. The molecule has 2 rings (SSSR count). The molecule has 1 aliphatic heterocycles. The second kappa shape index (κ2) is 16.5. The highest BCUT2D eigenvalue weighted by atomic mass is 79.9. The summed E-state index contributed by atoms with van der Waals surface area (Å²) in [4.78, 5) is 42.0. The Morgan fingerprint density at radius 2 is 1.51 bits per heavy atom. The highest BCUT2D eigenvalue weighted by Gasteiger charge is 2.29. The van der Waals surface area contributed by atoms with Gasteiger partial charge in [-0.05, 0) is 48.5 Å². The van der Waals surface area contributed by atoms with E-state index in [1.54, 1.807) is 25.7 Å². The monoisotopic (exact) mass is 561 g/mol. The van der Waals surface area contributed by atoms with Gasteiger partial charge in [0.15, 0.2) is 10.4 Å². The fraction of sp³-hybridized carbons (Fsp3) is 0.760. The molecule has 0 spiro atoms. The first-order valence-corrected chi connectivity index (χ1v) is 13.1. The van der Waals surface area contributed by atoms with Gasteiger partial charge in [0.2, 0.25) is 5.91 Å². The van der Waals surface area contributed by atoms with Gasteiger partial charge in [-0.2, -0.15) is 0 Å². The second-order valence-electron chi connectivity index (χ2n) is 9.94. The lowest BCUT2D eigenvalue weighted by atomic mass is 10.0. The van der Waals surface area contributed by atoms with Crippen LogP contribution in [-0.2, 0) is 22.6 Å². The SMILES string of the molecule is CC.CC.CC(C)(C)C.CNC(=O)CNC(=O)c1nc(Br)n2c1CN(C(=O)OC(C)(C)C)CCC2. The summed E-state index contributed by atoms with van der Waals surface area (Å²) in [6, 6.07) is 0. The number of nitrogens with zero attached hydrogens (tertiary/aromatic N) is 3. The van der Waals surface area contributed by atoms with E-state index in [0.29, 0.717) is 35.4 Å². The largest absolute Gasteiger partial charge is 0.444 e. The van der Waals surface area contributed by atoms with Crippen molar-refractivity contribution in [2.24, 2.45) is 5.41 Å². The van der Waals surface area contributed by atoms with Crippen LogP contribution in [0.15, 0.2) is 4.73 Å². The van der Waals surface area contributed by atoms with E-state index in [-0.39, 0.29) is 24.7 Å². The third-order valence-corrected chi connectivity index (χ3v) is 4.34. The Kier molecular flexibility index (Phi) is 16.6. The number of hydrogen-bond acceptors (Lipinski definition) is 5. The van der Waals surface area contributed by atoms with Crippen molar-refractivity contribution in [1.82, 2.24) is 25.1 Å². The number of hydrogen-bond donors (Lipinski definition) is 2. The van der Waals surface area contributed by atoms with Gasteiger partial charge in [0, 0.05) is 20.1 Å². The second-order valence-corrected chi connectivity index (χ2v) is 10.6. The van der Waals surface area contributed by atoms with E-state index < -0.39 is 17.6 Å². The molecule has 2 heterocycles. The van der Waals surface area contributed by atoms with Gasteiger partial charge in [-0.15, -0.1) is 0 Å². The minimum Gasteiger partial charge on any atom is -0.444 e. The Morgan fingerprint density at radius 3 is 1.97 bits per heavy atom. The average Bonchev–Trinajstić information content (AvgIpc) is 2.92. The predicted octanol–water partition coefficient (Wildman–Crippen LogP) is 5.37. The quantitative estimate of drug-likeness (QED) is 0.516. The average molecular weight is 563 g/mol. The van der Waals surface area contributed by atoms with Gasteiger partial charge in [-0.3, -0.25) is 9.59 Å². The smallest absolute Gasteiger partial charge is 0.410 e. The first-order chi connectivity index (χ1) is 16.1. The van der Waals surface area contributed by atoms with E-state index in [4.69, 9.17) is 4.74 Å². The molecule has 9 nitrogen and oxygen atoms in total. The summed E-state index contributed by atoms with van der Waals surface area (Å²) in [5, 5.41) is 4.97. The number of carbonyl (C=O) groups excluding carboxylic acids is 3. The van der Waals surface area contributed by atoms with Crippen molar-refractivity contribution >= 4 is 33.8 Å². The minimum absolute atomic E-state index is 0.144. The fourth-order valence-electron chi connectivity index (χ4n) is 2.52. The summed E-state index contributed by atoms with van der Waals surface area (Å²) in [5.74, 6) is -0.771. The third-order valence-electron chi connectivity index (χ3n) is 3.73. The van der Waals surface area contributed by atoms with E-state index in [0.717, 1.165) is 0 Å². The Morgan fingerprint density at radius 1 is 1.00 bits per heavy atom. The van der Waals surface area contributed by atoms with Crippen molar-refractivity contribution in [3.05, 3.63) is 16.1 Å². The summed E-state index contributed by atoms with van der Waals surface area (Å²) in [5.41, 5.74) is 0.698. The van der Waals surface area contributed by atoms with Gasteiger partial charge >= 0.3 is 6.09 Å². The number of fused-ring (bicyclic) bond motifs is 1. The number of rotatable bonds is 3. The molecule has 0 saturated heterocycles. The molecule has 204 valence electrons. The lowest BCUT2D eigenvalue weighted by Crippen LogP contribution is -2.38. The lowest BCUT2D eigenvalue weighted by molar-refractivity contribution is -0.119. The number of imidazole rings is 1. The molecule has 0 bridgehead atoms. The van der Waals surface area contributed by atoms with Crippen LogP contribution in [0.5, 0.6) is 0 Å². The van der Waals surface area contributed by atoms with E-state index in [1.165, 1.54) is 7.05 Å². The zero-order chi connectivity index (χ0) is 28.0. The van der Waals surface area contributed by atoms with E-state index in [2.05, 4.69) is 59.2 Å². The van der Waals surface area contributed by atoms with Gasteiger partial charge in [0.25, 0.3) is 5.91 Å². The molecule has 2 N–H and O–H groups in total. The number of ether oxygens (including phenoxy) is 1. The van der Waals surface area contributed by atoms with E-state index >= 15 is 0 Å². The molecule has 3 amide bonds. The Balaban J connectivity index is 0. The normalized spacial score (nSPS) is 12.7. The van der Waals surface area contributed by atoms with Gasteiger partial charge in [-0.25, -0.2) is 9.78 Å². The Hall–Kier alpha value is -2.10. The molecule has 10 heteroatoms. The van der Waals surface area contributed by atoms with Crippen LogP contribution in [0.2, 0.25) is 0 Å². The Labute approximate surface area is 220 Å². The topological polar surface area (TPSA) is 106 Å². The van der Waals surface area contributed by atoms with Crippen molar-refractivity contribution in [2.75, 3.05) is 20.1 Å². The van der Waals surface area contributed by atoms with Crippen LogP contribution in [0.3, 0.4) is 0 Å². The predicted molar refractivity (Wildman–Crippen MR) is 145 cm³/mol. The number of nitrogens with one attached hydrogen (secondary N) is 2. The van der Waals surface area contributed by atoms with E-state index in [9.17, 15) is 14.4 Å². The molecule has 0 fully saturated rings. The maximum absolute atomic E-state index is 12.4. The van der Waals surface area contributed by atoms with Crippen LogP contribution >= 0.6 is 15.9 Å². The maximum atomic E-state index is 12.4. The molecular weight excluding hydrogens is 514 g/mol. The zero-order valence-electron chi connectivity index (χ0n) is 23.9. The number of halogens is 1. The van der Waals surface area contributed by atoms with Crippen LogP contribution in [-0.4, -0.2) is 58.1 Å². The molecule has 0 unspecified atom stereocenters. The van der Waals surface area contributed by atoms with E-state index in [1.807, 2.05) is 32.3 Å². The minimum atomic E-state index is -0.599. The van der Waals surface area contributed by atoms with Crippen LogP contribution in [0.25, 0.3) is 0 Å².